The molecule has 0 spiro atoms. The molecule has 2 N–H and O–H groups in total. The number of hydrogen-bond acceptors (Lipinski definition) is 4. The minimum atomic E-state index is -1.14. The van der Waals surface area contributed by atoms with Gasteiger partial charge in [-0.15, -0.1) is 0 Å². The van der Waals surface area contributed by atoms with Gasteiger partial charge in [0, 0.05) is 10.6 Å². The van der Waals surface area contributed by atoms with E-state index in [9.17, 15) is 14.7 Å². The Kier molecular flexibility index (Phi) is 4.57. The Hall–Kier alpha value is -2.34. The van der Waals surface area contributed by atoms with Crippen LogP contribution in [0.25, 0.3) is 11.5 Å². The van der Waals surface area contributed by atoms with Gasteiger partial charge in [-0.25, -0.2) is 9.78 Å². The first-order valence-corrected chi connectivity index (χ1v) is 8.11. The molecule has 1 aliphatic rings. The van der Waals surface area contributed by atoms with Crippen LogP contribution >= 0.6 is 11.6 Å². The number of carboxylic acid groups (broad SMARTS) is 1. The van der Waals surface area contributed by atoms with Gasteiger partial charge in [-0.05, 0) is 37.1 Å². The Morgan fingerprint density at radius 3 is 2.54 bits per heavy atom. The summed E-state index contributed by atoms with van der Waals surface area (Å²) in [4.78, 5) is 27.9. The highest BCUT2D eigenvalue weighted by Crippen LogP contribution is 2.30. The fourth-order valence-electron chi connectivity index (χ4n) is 2.96. The third kappa shape index (κ3) is 3.43. The highest BCUT2D eigenvalue weighted by atomic mass is 35.5. The number of carbonyl (C=O) groups excluding carboxylic acids is 1. The molecular weight excluding hydrogens is 332 g/mol. The van der Waals surface area contributed by atoms with Crippen molar-refractivity contribution in [2.24, 2.45) is 0 Å². The number of carbonyl (C=O) groups is 2. The Balaban J connectivity index is 1.67. The molecule has 2 aromatic rings. The topological polar surface area (TPSA) is 92.4 Å². The molecule has 0 unspecified atom stereocenters. The van der Waals surface area contributed by atoms with Gasteiger partial charge in [0.25, 0.3) is 0 Å². The number of aromatic nitrogens is 1. The van der Waals surface area contributed by atoms with E-state index in [1.807, 2.05) is 0 Å². The molecule has 1 aromatic carbocycles. The number of nitrogens with zero attached hydrogens (tertiary/aromatic N) is 1. The standard InChI is InChI=1S/C17H17ClN2O4/c18-12-5-3-11(4-6-12)15-19-13(10-24-15)9-14(21)20-17(16(22)23)7-1-2-8-17/h3-6,10H,1-2,7-9H2,(H,20,21)(H,22,23). The van der Waals surface area contributed by atoms with Gasteiger partial charge in [-0.2, -0.15) is 0 Å². The van der Waals surface area contributed by atoms with Crippen LogP contribution in [-0.2, 0) is 16.0 Å². The van der Waals surface area contributed by atoms with Gasteiger partial charge in [0.15, 0.2) is 0 Å². The molecule has 1 aliphatic carbocycles. The monoisotopic (exact) mass is 348 g/mol. The summed E-state index contributed by atoms with van der Waals surface area (Å²) in [7, 11) is 0. The van der Waals surface area contributed by atoms with E-state index < -0.39 is 11.5 Å². The summed E-state index contributed by atoms with van der Waals surface area (Å²) in [6.45, 7) is 0. The van der Waals surface area contributed by atoms with Gasteiger partial charge in [0.2, 0.25) is 11.8 Å². The highest BCUT2D eigenvalue weighted by molar-refractivity contribution is 6.30. The van der Waals surface area contributed by atoms with Crippen LogP contribution in [-0.4, -0.2) is 27.5 Å². The zero-order chi connectivity index (χ0) is 17.2. The lowest BCUT2D eigenvalue weighted by Crippen LogP contribution is -2.52. The fourth-order valence-corrected chi connectivity index (χ4v) is 3.09. The second kappa shape index (κ2) is 6.65. The van der Waals surface area contributed by atoms with Crippen molar-refractivity contribution in [2.45, 2.75) is 37.6 Å². The van der Waals surface area contributed by atoms with Crippen LogP contribution in [0.5, 0.6) is 0 Å². The molecule has 0 bridgehead atoms. The summed E-state index contributed by atoms with van der Waals surface area (Å²) in [5, 5.41) is 12.7. The second-order valence-electron chi connectivity index (χ2n) is 5.97. The van der Waals surface area contributed by atoms with Gasteiger partial charge >= 0.3 is 5.97 Å². The Labute approximate surface area is 143 Å². The maximum absolute atomic E-state index is 12.2. The van der Waals surface area contributed by atoms with E-state index in [1.54, 1.807) is 24.3 Å². The fraction of sp³-hybridized carbons (Fsp3) is 0.353. The van der Waals surface area contributed by atoms with E-state index >= 15 is 0 Å². The van der Waals surface area contributed by atoms with E-state index in [-0.39, 0.29) is 12.3 Å². The molecule has 0 aliphatic heterocycles. The summed E-state index contributed by atoms with van der Waals surface area (Å²) >= 11 is 5.84. The zero-order valence-electron chi connectivity index (χ0n) is 12.9. The number of benzene rings is 1. The molecule has 24 heavy (non-hydrogen) atoms. The predicted octanol–water partition coefficient (Wildman–Crippen LogP) is 3.05. The minimum Gasteiger partial charge on any atom is -0.480 e. The largest absolute Gasteiger partial charge is 0.480 e. The van der Waals surface area contributed by atoms with Crippen molar-refractivity contribution in [3.63, 3.8) is 0 Å². The van der Waals surface area contributed by atoms with Gasteiger partial charge in [0.1, 0.15) is 11.8 Å². The summed E-state index contributed by atoms with van der Waals surface area (Å²) < 4.78 is 5.38. The molecule has 1 aromatic heterocycles. The van der Waals surface area contributed by atoms with Crippen LogP contribution in [0.2, 0.25) is 5.02 Å². The first-order chi connectivity index (χ1) is 11.5. The van der Waals surface area contributed by atoms with Crippen molar-refractivity contribution >= 4 is 23.5 Å². The molecule has 0 saturated heterocycles. The van der Waals surface area contributed by atoms with Crippen molar-refractivity contribution in [1.29, 1.82) is 0 Å². The van der Waals surface area contributed by atoms with Crippen molar-refractivity contribution in [3.8, 4) is 11.5 Å². The summed E-state index contributed by atoms with van der Waals surface area (Å²) in [5.41, 5.74) is 0.0691. The molecule has 6 nitrogen and oxygen atoms in total. The van der Waals surface area contributed by atoms with Gasteiger partial charge in [-0.1, -0.05) is 24.4 Å². The minimum absolute atomic E-state index is 0.0217. The molecule has 1 amide bonds. The molecule has 0 radical (unpaired) electrons. The summed E-state index contributed by atoms with van der Waals surface area (Å²) in [6, 6.07) is 7.00. The highest BCUT2D eigenvalue weighted by Gasteiger charge is 2.42. The maximum Gasteiger partial charge on any atom is 0.329 e. The molecule has 1 heterocycles. The molecule has 0 atom stereocenters. The molecule has 1 saturated carbocycles. The van der Waals surface area contributed by atoms with Gasteiger partial charge < -0.3 is 14.8 Å². The van der Waals surface area contributed by atoms with Crippen LogP contribution in [0, 0.1) is 0 Å². The maximum atomic E-state index is 12.2. The average molecular weight is 349 g/mol. The SMILES string of the molecule is O=C(Cc1coc(-c2ccc(Cl)cc2)n1)NC1(C(=O)O)CCCC1. The van der Waals surface area contributed by atoms with E-state index in [2.05, 4.69) is 10.3 Å². The number of hydrogen-bond donors (Lipinski definition) is 2. The predicted molar refractivity (Wildman–Crippen MR) is 87.6 cm³/mol. The van der Waals surface area contributed by atoms with E-state index in [0.717, 1.165) is 18.4 Å². The lowest BCUT2D eigenvalue weighted by Gasteiger charge is -2.25. The Bertz CT molecular complexity index is 748. The quantitative estimate of drug-likeness (QED) is 0.866. The van der Waals surface area contributed by atoms with Crippen LogP contribution in [0.1, 0.15) is 31.4 Å². The number of nitrogens with one attached hydrogen (secondary N) is 1. The van der Waals surface area contributed by atoms with Crippen LogP contribution in [0.3, 0.4) is 0 Å². The zero-order valence-corrected chi connectivity index (χ0v) is 13.7. The van der Waals surface area contributed by atoms with Gasteiger partial charge in [0.05, 0.1) is 12.1 Å². The number of amides is 1. The van der Waals surface area contributed by atoms with E-state index in [1.165, 1.54) is 6.26 Å². The van der Waals surface area contributed by atoms with E-state index in [0.29, 0.717) is 29.4 Å². The van der Waals surface area contributed by atoms with Crippen molar-refractivity contribution < 1.29 is 19.1 Å². The summed E-state index contributed by atoms with van der Waals surface area (Å²) in [6.07, 6.45) is 3.91. The normalized spacial score (nSPS) is 16.0. The third-order valence-corrected chi connectivity index (χ3v) is 4.48. The number of oxazole rings is 1. The summed E-state index contributed by atoms with van der Waals surface area (Å²) in [5.74, 6) is -0.950. The number of halogens is 1. The van der Waals surface area contributed by atoms with Crippen LogP contribution in [0.4, 0.5) is 0 Å². The lowest BCUT2D eigenvalue weighted by atomic mass is 9.97. The first-order valence-electron chi connectivity index (χ1n) is 7.73. The number of aliphatic carboxylic acids is 1. The smallest absolute Gasteiger partial charge is 0.329 e. The third-order valence-electron chi connectivity index (χ3n) is 4.23. The molecule has 7 heteroatoms. The van der Waals surface area contributed by atoms with Crippen molar-refractivity contribution in [3.05, 3.63) is 41.2 Å². The van der Waals surface area contributed by atoms with Crippen LogP contribution < -0.4 is 5.32 Å². The first kappa shape index (κ1) is 16.5. The van der Waals surface area contributed by atoms with Crippen LogP contribution in [0.15, 0.2) is 34.9 Å². The Morgan fingerprint density at radius 1 is 1.25 bits per heavy atom. The second-order valence-corrected chi connectivity index (χ2v) is 6.41. The molecule has 1 fully saturated rings. The lowest BCUT2D eigenvalue weighted by molar-refractivity contribution is -0.147. The molecular formula is C17H17ClN2O4. The van der Waals surface area contributed by atoms with E-state index in [4.69, 9.17) is 16.0 Å². The number of carboxylic acids is 1. The molecule has 3 rings (SSSR count). The average Bonchev–Trinajstić information content (AvgIpc) is 3.18. The van der Waals surface area contributed by atoms with Gasteiger partial charge in [-0.3, -0.25) is 4.79 Å². The van der Waals surface area contributed by atoms with Crippen molar-refractivity contribution in [2.75, 3.05) is 0 Å². The Morgan fingerprint density at radius 2 is 1.92 bits per heavy atom. The number of rotatable bonds is 5. The van der Waals surface area contributed by atoms with Crippen molar-refractivity contribution in [1.82, 2.24) is 10.3 Å². The molecule has 126 valence electrons.